The number of amides is 1. The third-order valence-electron chi connectivity index (χ3n) is 2.17. The molecule has 19 heavy (non-hydrogen) atoms. The SMILES string of the molecule is CN(C)CC(=O)Nc1cc(C#CCCO)ccc1Cl. The second-order valence-electron chi connectivity index (χ2n) is 4.26. The number of aliphatic hydroxyl groups excluding tert-OH is 1. The molecule has 0 bridgehead atoms. The number of benzene rings is 1. The first-order valence-electron chi connectivity index (χ1n) is 5.87. The third kappa shape index (κ3) is 5.75. The molecule has 0 aromatic heterocycles. The van der Waals surface area contributed by atoms with Gasteiger partial charge in [-0.05, 0) is 32.3 Å². The molecule has 102 valence electrons. The maximum Gasteiger partial charge on any atom is 0.238 e. The number of hydrogen-bond acceptors (Lipinski definition) is 3. The highest BCUT2D eigenvalue weighted by molar-refractivity contribution is 6.33. The highest BCUT2D eigenvalue weighted by atomic mass is 35.5. The van der Waals surface area contributed by atoms with Crippen molar-refractivity contribution in [3.8, 4) is 11.8 Å². The Balaban J connectivity index is 2.80. The van der Waals surface area contributed by atoms with Gasteiger partial charge in [-0.15, -0.1) is 0 Å². The molecule has 0 heterocycles. The van der Waals surface area contributed by atoms with Crippen LogP contribution in [0, 0.1) is 11.8 Å². The smallest absolute Gasteiger partial charge is 0.238 e. The molecule has 1 amide bonds. The number of nitrogens with zero attached hydrogens (tertiary/aromatic N) is 1. The largest absolute Gasteiger partial charge is 0.395 e. The lowest BCUT2D eigenvalue weighted by atomic mass is 10.2. The molecule has 1 rings (SSSR count). The highest BCUT2D eigenvalue weighted by Crippen LogP contribution is 2.22. The summed E-state index contributed by atoms with van der Waals surface area (Å²) >= 11 is 6.02. The van der Waals surface area contributed by atoms with Gasteiger partial charge >= 0.3 is 0 Å². The fourth-order valence-electron chi connectivity index (χ4n) is 1.40. The zero-order chi connectivity index (χ0) is 14.3. The van der Waals surface area contributed by atoms with Crippen molar-refractivity contribution in [3.05, 3.63) is 28.8 Å². The van der Waals surface area contributed by atoms with Crippen LogP contribution in [0.5, 0.6) is 0 Å². The zero-order valence-electron chi connectivity index (χ0n) is 11.0. The fourth-order valence-corrected chi connectivity index (χ4v) is 1.56. The van der Waals surface area contributed by atoms with E-state index in [9.17, 15) is 4.79 Å². The molecule has 5 heteroatoms. The van der Waals surface area contributed by atoms with E-state index in [1.165, 1.54) is 0 Å². The van der Waals surface area contributed by atoms with Crippen LogP contribution < -0.4 is 5.32 Å². The van der Waals surface area contributed by atoms with Crippen LogP contribution in [0.25, 0.3) is 0 Å². The van der Waals surface area contributed by atoms with Gasteiger partial charge in [-0.25, -0.2) is 0 Å². The quantitative estimate of drug-likeness (QED) is 0.824. The van der Waals surface area contributed by atoms with Crippen LogP contribution >= 0.6 is 11.6 Å². The first-order chi connectivity index (χ1) is 9.02. The summed E-state index contributed by atoms with van der Waals surface area (Å²) in [4.78, 5) is 13.4. The molecule has 1 aromatic rings. The van der Waals surface area contributed by atoms with E-state index in [2.05, 4.69) is 17.2 Å². The molecule has 0 radical (unpaired) electrons. The van der Waals surface area contributed by atoms with Gasteiger partial charge in [0, 0.05) is 12.0 Å². The van der Waals surface area contributed by atoms with Gasteiger partial charge in [0.05, 0.1) is 23.9 Å². The first kappa shape index (κ1) is 15.5. The van der Waals surface area contributed by atoms with Crippen LogP contribution in [0.3, 0.4) is 0 Å². The molecular formula is C14H17ClN2O2. The zero-order valence-corrected chi connectivity index (χ0v) is 11.8. The fraction of sp³-hybridized carbons (Fsp3) is 0.357. The number of carbonyl (C=O) groups is 1. The van der Waals surface area contributed by atoms with Crippen molar-refractivity contribution in [1.29, 1.82) is 0 Å². The van der Waals surface area contributed by atoms with Crippen molar-refractivity contribution in [1.82, 2.24) is 4.90 Å². The molecular weight excluding hydrogens is 264 g/mol. The molecule has 4 nitrogen and oxygen atoms in total. The molecule has 0 unspecified atom stereocenters. The Morgan fingerprint density at radius 2 is 2.21 bits per heavy atom. The second kappa shape index (κ2) is 7.80. The summed E-state index contributed by atoms with van der Waals surface area (Å²) in [5, 5.41) is 11.9. The summed E-state index contributed by atoms with van der Waals surface area (Å²) in [6.45, 7) is 0.323. The lowest BCUT2D eigenvalue weighted by Crippen LogP contribution is -2.27. The van der Waals surface area contributed by atoms with Gasteiger partial charge in [0.2, 0.25) is 5.91 Å². The number of hydrogen-bond donors (Lipinski definition) is 2. The Labute approximate surface area is 118 Å². The van der Waals surface area contributed by atoms with E-state index in [0.717, 1.165) is 5.56 Å². The number of nitrogens with one attached hydrogen (secondary N) is 1. The van der Waals surface area contributed by atoms with E-state index in [1.54, 1.807) is 23.1 Å². The predicted molar refractivity (Wildman–Crippen MR) is 77.2 cm³/mol. The first-order valence-corrected chi connectivity index (χ1v) is 6.24. The van der Waals surface area contributed by atoms with Gasteiger partial charge in [0.15, 0.2) is 0 Å². The Kier molecular flexibility index (Phi) is 6.37. The summed E-state index contributed by atoms with van der Waals surface area (Å²) in [5.74, 6) is 5.58. The minimum Gasteiger partial charge on any atom is -0.395 e. The molecule has 0 fully saturated rings. The van der Waals surface area contributed by atoms with E-state index in [1.807, 2.05) is 14.1 Å². The van der Waals surface area contributed by atoms with Crippen molar-refractivity contribution < 1.29 is 9.90 Å². The lowest BCUT2D eigenvalue weighted by Gasteiger charge is -2.11. The normalized spacial score (nSPS) is 9.95. The molecule has 0 aliphatic carbocycles. The van der Waals surface area contributed by atoms with Crippen molar-refractivity contribution in [2.75, 3.05) is 32.6 Å². The number of aliphatic hydroxyl groups is 1. The second-order valence-corrected chi connectivity index (χ2v) is 4.66. The van der Waals surface area contributed by atoms with Crippen LogP contribution in [0.4, 0.5) is 5.69 Å². The number of carbonyl (C=O) groups excluding carboxylic acids is 1. The Morgan fingerprint density at radius 1 is 1.47 bits per heavy atom. The van der Waals surface area contributed by atoms with Crippen molar-refractivity contribution in [2.45, 2.75) is 6.42 Å². The maximum absolute atomic E-state index is 11.7. The minimum atomic E-state index is -0.132. The van der Waals surface area contributed by atoms with Gasteiger partial charge < -0.3 is 15.3 Å². The molecule has 1 aromatic carbocycles. The molecule has 0 spiro atoms. The van der Waals surface area contributed by atoms with Crippen LogP contribution in [0.2, 0.25) is 5.02 Å². The average molecular weight is 281 g/mol. The van der Waals surface area contributed by atoms with Crippen LogP contribution in [0.15, 0.2) is 18.2 Å². The molecule has 0 atom stereocenters. The van der Waals surface area contributed by atoms with Gasteiger partial charge in [-0.3, -0.25) is 4.79 Å². The molecule has 2 N–H and O–H groups in total. The number of anilines is 1. The monoisotopic (exact) mass is 280 g/mol. The molecule has 0 saturated carbocycles. The van der Waals surface area contributed by atoms with E-state index < -0.39 is 0 Å². The van der Waals surface area contributed by atoms with Crippen LogP contribution in [0.1, 0.15) is 12.0 Å². The Hall–Kier alpha value is -1.54. The van der Waals surface area contributed by atoms with E-state index in [4.69, 9.17) is 16.7 Å². The summed E-state index contributed by atoms with van der Waals surface area (Å²) < 4.78 is 0. The summed E-state index contributed by atoms with van der Waals surface area (Å²) in [6, 6.07) is 5.18. The highest BCUT2D eigenvalue weighted by Gasteiger charge is 2.07. The van der Waals surface area contributed by atoms with Gasteiger partial charge in [-0.2, -0.15) is 0 Å². The van der Waals surface area contributed by atoms with Gasteiger partial charge in [0.25, 0.3) is 0 Å². The molecule has 0 aliphatic rings. The van der Waals surface area contributed by atoms with Crippen molar-refractivity contribution in [2.24, 2.45) is 0 Å². The van der Waals surface area contributed by atoms with Crippen LogP contribution in [-0.4, -0.2) is 43.2 Å². The third-order valence-corrected chi connectivity index (χ3v) is 2.50. The minimum absolute atomic E-state index is 0.0347. The summed E-state index contributed by atoms with van der Waals surface area (Å²) in [5.41, 5.74) is 1.29. The lowest BCUT2D eigenvalue weighted by molar-refractivity contribution is -0.116. The standard InChI is InChI=1S/C14H17ClN2O2/c1-17(2)10-14(19)16-13-9-11(5-3-4-8-18)6-7-12(13)15/h6-7,9,18H,4,8,10H2,1-2H3,(H,16,19). The van der Waals surface area contributed by atoms with E-state index >= 15 is 0 Å². The van der Waals surface area contributed by atoms with Gasteiger partial charge in [0.1, 0.15) is 0 Å². The topological polar surface area (TPSA) is 52.6 Å². The van der Waals surface area contributed by atoms with Gasteiger partial charge in [-0.1, -0.05) is 23.4 Å². The van der Waals surface area contributed by atoms with Crippen molar-refractivity contribution >= 4 is 23.2 Å². The maximum atomic E-state index is 11.7. The Morgan fingerprint density at radius 3 is 2.84 bits per heavy atom. The number of rotatable bonds is 4. The average Bonchev–Trinajstić information content (AvgIpc) is 2.32. The Bertz CT molecular complexity index is 504. The predicted octanol–water partition coefficient (Wildman–Crippen LogP) is 1.57. The summed E-state index contributed by atoms with van der Waals surface area (Å²) in [6.07, 6.45) is 0.422. The molecule has 0 saturated heterocycles. The number of halogens is 1. The van der Waals surface area contributed by atoms with Crippen molar-refractivity contribution in [3.63, 3.8) is 0 Å². The molecule has 0 aliphatic heterocycles. The van der Waals surface area contributed by atoms with E-state index in [-0.39, 0.29) is 19.1 Å². The van der Waals surface area contributed by atoms with E-state index in [0.29, 0.717) is 17.1 Å². The summed E-state index contributed by atoms with van der Waals surface area (Å²) in [7, 11) is 3.63. The number of likely N-dealkylation sites (N-methyl/N-ethyl adjacent to an activating group) is 1. The van der Waals surface area contributed by atoms with Crippen LogP contribution in [-0.2, 0) is 4.79 Å².